The number of hydrogen-bond donors (Lipinski definition) is 2. The zero-order valence-corrected chi connectivity index (χ0v) is 10.4. The summed E-state index contributed by atoms with van der Waals surface area (Å²) >= 11 is 0. The average Bonchev–Trinajstić information content (AvgIpc) is 2.45. The van der Waals surface area contributed by atoms with E-state index in [-0.39, 0.29) is 6.01 Å². The third-order valence-electron chi connectivity index (χ3n) is 2.73. The lowest BCUT2D eigenvalue weighted by atomic mass is 10.3. The lowest BCUT2D eigenvalue weighted by Crippen LogP contribution is -2.37. The molecule has 8 nitrogen and oxygen atoms in total. The van der Waals surface area contributed by atoms with Crippen LogP contribution in [-0.4, -0.2) is 59.8 Å². The van der Waals surface area contributed by atoms with Crippen molar-refractivity contribution in [3.05, 3.63) is 5.82 Å². The minimum atomic E-state index is 0.273. The summed E-state index contributed by atoms with van der Waals surface area (Å²) < 4.78 is 10.3. The van der Waals surface area contributed by atoms with Crippen molar-refractivity contribution in [2.75, 3.05) is 45.4 Å². The zero-order chi connectivity index (χ0) is 12.8. The number of hydrogen-bond acceptors (Lipinski definition) is 8. The Morgan fingerprint density at radius 2 is 2.11 bits per heavy atom. The Morgan fingerprint density at radius 3 is 2.78 bits per heavy atom. The summed E-state index contributed by atoms with van der Waals surface area (Å²) in [6.45, 7) is 4.36. The molecule has 0 aliphatic carbocycles. The first-order valence-electron chi connectivity index (χ1n) is 5.87. The minimum absolute atomic E-state index is 0.273. The van der Waals surface area contributed by atoms with E-state index in [2.05, 4.69) is 25.3 Å². The fourth-order valence-corrected chi connectivity index (χ4v) is 1.75. The maximum Gasteiger partial charge on any atom is 0.321 e. The van der Waals surface area contributed by atoms with Gasteiger partial charge in [-0.1, -0.05) is 0 Å². The molecule has 0 saturated carbocycles. The van der Waals surface area contributed by atoms with Gasteiger partial charge in [-0.15, -0.1) is 0 Å². The van der Waals surface area contributed by atoms with E-state index in [4.69, 9.17) is 15.3 Å². The number of morpholine rings is 1. The van der Waals surface area contributed by atoms with Crippen LogP contribution in [-0.2, 0) is 11.2 Å². The Labute approximate surface area is 105 Å². The number of aromatic nitrogens is 3. The Hall–Kier alpha value is -1.51. The first kappa shape index (κ1) is 12.9. The molecule has 0 bridgehead atoms. The van der Waals surface area contributed by atoms with Crippen molar-refractivity contribution < 1.29 is 9.47 Å². The van der Waals surface area contributed by atoms with Crippen LogP contribution < -0.4 is 16.0 Å². The quantitative estimate of drug-likeness (QED) is 0.512. The summed E-state index contributed by atoms with van der Waals surface area (Å²) in [6.07, 6.45) is 0.730. The number of rotatable bonds is 5. The highest BCUT2D eigenvalue weighted by Crippen LogP contribution is 2.07. The van der Waals surface area contributed by atoms with E-state index in [0.29, 0.717) is 11.8 Å². The Morgan fingerprint density at radius 1 is 1.33 bits per heavy atom. The molecule has 0 aromatic carbocycles. The van der Waals surface area contributed by atoms with Gasteiger partial charge in [-0.3, -0.25) is 10.3 Å². The van der Waals surface area contributed by atoms with Gasteiger partial charge >= 0.3 is 6.01 Å². The zero-order valence-electron chi connectivity index (χ0n) is 10.4. The fourth-order valence-electron chi connectivity index (χ4n) is 1.75. The first-order chi connectivity index (χ1) is 8.81. The Kier molecular flexibility index (Phi) is 4.62. The topological polar surface area (TPSA) is 98.4 Å². The number of nitrogens with two attached hydrogens (primary N) is 1. The van der Waals surface area contributed by atoms with E-state index in [1.807, 2.05) is 0 Å². The standard InChI is InChI=1S/C10H18N6O2/c1-17-10-13-8(12-9(14-10)15-11)2-3-16-4-6-18-7-5-16/h2-7,11H2,1H3,(H,12,13,14,15). The molecule has 2 heterocycles. The van der Waals surface area contributed by atoms with Gasteiger partial charge in [0.15, 0.2) is 0 Å². The summed E-state index contributed by atoms with van der Waals surface area (Å²) in [5.41, 5.74) is 2.40. The van der Waals surface area contributed by atoms with Crippen LogP contribution in [0.1, 0.15) is 5.82 Å². The van der Waals surface area contributed by atoms with Crippen molar-refractivity contribution in [3.63, 3.8) is 0 Å². The van der Waals surface area contributed by atoms with E-state index in [1.54, 1.807) is 0 Å². The molecule has 3 N–H and O–H groups in total. The molecule has 1 aliphatic heterocycles. The number of nitrogens with one attached hydrogen (secondary N) is 1. The highest BCUT2D eigenvalue weighted by molar-refractivity contribution is 5.23. The normalized spacial score (nSPS) is 16.6. The lowest BCUT2D eigenvalue weighted by Gasteiger charge is -2.26. The molecule has 1 aliphatic rings. The molecule has 8 heteroatoms. The van der Waals surface area contributed by atoms with Gasteiger partial charge < -0.3 is 9.47 Å². The Balaban J connectivity index is 1.94. The maximum atomic E-state index is 5.30. The van der Waals surface area contributed by atoms with E-state index in [9.17, 15) is 0 Å². The van der Waals surface area contributed by atoms with Gasteiger partial charge in [-0.25, -0.2) is 5.84 Å². The van der Waals surface area contributed by atoms with Gasteiger partial charge in [0.25, 0.3) is 0 Å². The van der Waals surface area contributed by atoms with Gasteiger partial charge in [-0.2, -0.15) is 15.0 Å². The van der Waals surface area contributed by atoms with Crippen molar-refractivity contribution in [1.82, 2.24) is 19.9 Å². The maximum absolute atomic E-state index is 5.30. The third-order valence-corrected chi connectivity index (χ3v) is 2.73. The summed E-state index contributed by atoms with van der Waals surface area (Å²) in [4.78, 5) is 14.6. The second-order valence-electron chi connectivity index (χ2n) is 3.91. The SMILES string of the molecule is COc1nc(CCN2CCOCC2)nc(NN)n1. The van der Waals surface area contributed by atoms with Gasteiger partial charge in [0.05, 0.1) is 20.3 Å². The molecule has 1 aromatic rings. The number of methoxy groups -OCH3 is 1. The summed E-state index contributed by atoms with van der Waals surface area (Å²) in [5, 5.41) is 0. The van der Waals surface area contributed by atoms with Crippen LogP contribution in [0.5, 0.6) is 6.01 Å². The summed E-state index contributed by atoms with van der Waals surface area (Å²) in [7, 11) is 1.52. The van der Waals surface area contributed by atoms with Crippen LogP contribution in [0.15, 0.2) is 0 Å². The minimum Gasteiger partial charge on any atom is -0.467 e. The number of anilines is 1. The monoisotopic (exact) mass is 254 g/mol. The van der Waals surface area contributed by atoms with E-state index in [0.717, 1.165) is 39.3 Å². The summed E-state index contributed by atoms with van der Waals surface area (Å²) in [6, 6.07) is 0.273. The molecule has 0 amide bonds. The number of nitrogens with zero attached hydrogens (tertiary/aromatic N) is 4. The first-order valence-corrected chi connectivity index (χ1v) is 5.87. The van der Waals surface area contributed by atoms with Crippen LogP contribution >= 0.6 is 0 Å². The van der Waals surface area contributed by atoms with Gasteiger partial charge in [-0.05, 0) is 0 Å². The smallest absolute Gasteiger partial charge is 0.321 e. The van der Waals surface area contributed by atoms with Gasteiger partial charge in [0.1, 0.15) is 5.82 Å². The highest BCUT2D eigenvalue weighted by atomic mass is 16.5. The van der Waals surface area contributed by atoms with Crippen LogP contribution in [0.2, 0.25) is 0 Å². The number of ether oxygens (including phenoxy) is 2. The number of nitrogen functional groups attached to an aromatic ring is 1. The predicted molar refractivity (Wildman–Crippen MR) is 65.2 cm³/mol. The number of hydrazine groups is 1. The van der Waals surface area contributed by atoms with Crippen LogP contribution in [0.25, 0.3) is 0 Å². The molecule has 1 fully saturated rings. The van der Waals surface area contributed by atoms with Gasteiger partial charge in [0, 0.05) is 26.1 Å². The van der Waals surface area contributed by atoms with Crippen LogP contribution in [0, 0.1) is 0 Å². The fraction of sp³-hybridized carbons (Fsp3) is 0.700. The predicted octanol–water partition coefficient (Wildman–Crippen LogP) is -0.959. The molecule has 1 aromatic heterocycles. The van der Waals surface area contributed by atoms with Crippen LogP contribution in [0.4, 0.5) is 5.95 Å². The highest BCUT2D eigenvalue weighted by Gasteiger charge is 2.12. The van der Waals surface area contributed by atoms with Crippen LogP contribution in [0.3, 0.4) is 0 Å². The van der Waals surface area contributed by atoms with Crippen molar-refractivity contribution in [1.29, 1.82) is 0 Å². The van der Waals surface area contributed by atoms with Crippen molar-refractivity contribution in [3.8, 4) is 6.01 Å². The van der Waals surface area contributed by atoms with E-state index < -0.39 is 0 Å². The van der Waals surface area contributed by atoms with Crippen molar-refractivity contribution in [2.45, 2.75) is 6.42 Å². The lowest BCUT2D eigenvalue weighted by molar-refractivity contribution is 0.0382. The third kappa shape index (κ3) is 3.49. The van der Waals surface area contributed by atoms with Crippen molar-refractivity contribution in [2.24, 2.45) is 5.84 Å². The molecule has 0 unspecified atom stereocenters. The molecule has 100 valence electrons. The molecule has 0 atom stereocenters. The molecule has 2 rings (SSSR count). The van der Waals surface area contributed by atoms with E-state index >= 15 is 0 Å². The second kappa shape index (κ2) is 6.43. The van der Waals surface area contributed by atoms with E-state index in [1.165, 1.54) is 7.11 Å². The molecule has 0 spiro atoms. The molecular weight excluding hydrogens is 236 g/mol. The average molecular weight is 254 g/mol. The second-order valence-corrected chi connectivity index (χ2v) is 3.91. The van der Waals surface area contributed by atoms with Crippen molar-refractivity contribution >= 4 is 5.95 Å². The molecule has 0 radical (unpaired) electrons. The molecule has 1 saturated heterocycles. The Bertz CT molecular complexity index is 360. The largest absolute Gasteiger partial charge is 0.467 e. The summed E-state index contributed by atoms with van der Waals surface area (Å²) in [5.74, 6) is 6.28. The molecule has 18 heavy (non-hydrogen) atoms. The molecular formula is C10H18N6O2. The van der Waals surface area contributed by atoms with Gasteiger partial charge in [0.2, 0.25) is 5.95 Å².